The lowest BCUT2D eigenvalue weighted by Gasteiger charge is -2.38. The number of amides is 1. The zero-order valence-corrected chi connectivity index (χ0v) is 16.4. The Hall–Kier alpha value is -1.66. The summed E-state index contributed by atoms with van der Waals surface area (Å²) in [6, 6.07) is 0. The number of hydrogen-bond acceptors (Lipinski definition) is 3. The number of nitrogens with zero attached hydrogens (tertiary/aromatic N) is 1. The van der Waals surface area contributed by atoms with Gasteiger partial charge in [-0.25, -0.2) is 0 Å². The number of morpholine rings is 1. The van der Waals surface area contributed by atoms with Gasteiger partial charge in [-0.2, -0.15) is 65.9 Å². The molecule has 1 amide bonds. The van der Waals surface area contributed by atoms with E-state index in [0.717, 1.165) is 5.32 Å². The summed E-state index contributed by atoms with van der Waals surface area (Å²) in [5.41, 5.74) is 0. The number of hydrogen-bond donors (Lipinski definition) is 1. The highest BCUT2D eigenvalue weighted by Gasteiger charge is 2.85. The van der Waals surface area contributed by atoms with Crippen LogP contribution in [0.2, 0.25) is 0 Å². The molecular weight excluding hydrogens is 525 g/mol. The highest BCUT2D eigenvalue weighted by Crippen LogP contribution is 2.58. The molecule has 1 N–H and O–H groups in total. The van der Waals surface area contributed by atoms with Gasteiger partial charge in [0.15, 0.2) is 0 Å². The lowest BCUT2D eigenvalue weighted by molar-refractivity contribution is -0.392. The monoisotopic (exact) mass is 540 g/mol. The van der Waals surface area contributed by atoms with Crippen LogP contribution >= 0.6 is 0 Å². The third kappa shape index (κ3) is 5.43. The first-order valence-electron chi connectivity index (χ1n) is 8.88. The first-order valence-corrected chi connectivity index (χ1v) is 8.88. The molecular formula is C15H15F15N2O2. The van der Waals surface area contributed by atoms with E-state index in [-0.39, 0.29) is 32.8 Å². The molecule has 19 heteroatoms. The molecule has 0 aromatic carbocycles. The van der Waals surface area contributed by atoms with Crippen molar-refractivity contribution < 1.29 is 75.4 Å². The Morgan fingerprint density at radius 2 is 1.15 bits per heavy atom. The van der Waals surface area contributed by atoms with E-state index in [1.54, 1.807) is 0 Å². The first kappa shape index (κ1) is 30.4. The van der Waals surface area contributed by atoms with E-state index in [4.69, 9.17) is 4.74 Å². The Labute approximate surface area is 180 Å². The van der Waals surface area contributed by atoms with E-state index in [2.05, 4.69) is 0 Å². The van der Waals surface area contributed by atoms with Gasteiger partial charge in [0, 0.05) is 26.2 Å². The maximum absolute atomic E-state index is 13.7. The lowest BCUT2D eigenvalue weighted by atomic mass is 9.92. The van der Waals surface area contributed by atoms with E-state index in [1.807, 2.05) is 0 Å². The van der Waals surface area contributed by atoms with Crippen molar-refractivity contribution >= 4 is 5.91 Å². The topological polar surface area (TPSA) is 41.6 Å². The standard InChI is InChI=1S/C15H15F15N2O2/c16-9(17,7-10(18,19)13(24,25)15(28,29)30)12(22,23)14(26,27)11(20,21)8(33)31-1-2-32-3-5-34-6-4-32/h1-7H2,(H,31,33). The molecule has 0 radical (unpaired) electrons. The van der Waals surface area contributed by atoms with Gasteiger partial charge in [0.1, 0.15) is 0 Å². The summed E-state index contributed by atoms with van der Waals surface area (Å²) >= 11 is 0. The molecule has 0 atom stereocenters. The summed E-state index contributed by atoms with van der Waals surface area (Å²) in [6.45, 7) is -0.541. The molecule has 0 aromatic heterocycles. The van der Waals surface area contributed by atoms with Crippen molar-refractivity contribution in [2.45, 2.75) is 48.1 Å². The molecule has 0 aromatic rings. The minimum absolute atomic E-state index is 0.154. The van der Waals surface area contributed by atoms with Gasteiger partial charge in [0.2, 0.25) is 0 Å². The molecule has 1 fully saturated rings. The summed E-state index contributed by atoms with van der Waals surface area (Å²) in [5, 5.41) is 1.05. The summed E-state index contributed by atoms with van der Waals surface area (Å²) in [5.74, 6) is -47.0. The van der Waals surface area contributed by atoms with Crippen molar-refractivity contribution in [3.05, 3.63) is 0 Å². The van der Waals surface area contributed by atoms with E-state index in [9.17, 15) is 70.7 Å². The van der Waals surface area contributed by atoms with Crippen molar-refractivity contribution in [3.8, 4) is 0 Å². The van der Waals surface area contributed by atoms with Gasteiger partial charge in [-0.3, -0.25) is 9.69 Å². The average Bonchev–Trinajstić information content (AvgIpc) is 2.66. The number of carbonyl (C=O) groups excluding carboxylic acids is 1. The molecule has 1 rings (SSSR count). The van der Waals surface area contributed by atoms with E-state index < -0.39 is 60.6 Å². The highest BCUT2D eigenvalue weighted by molar-refractivity contribution is 5.84. The maximum Gasteiger partial charge on any atom is 0.459 e. The molecule has 1 saturated heterocycles. The number of halogens is 15. The van der Waals surface area contributed by atoms with Crippen LogP contribution in [0.1, 0.15) is 6.42 Å². The third-order valence-electron chi connectivity index (χ3n) is 4.61. The molecule has 4 nitrogen and oxygen atoms in total. The zero-order chi connectivity index (χ0) is 27.0. The second-order valence-corrected chi connectivity index (χ2v) is 7.09. The minimum Gasteiger partial charge on any atom is -0.379 e. The Bertz CT molecular complexity index is 717. The van der Waals surface area contributed by atoms with Gasteiger partial charge < -0.3 is 10.1 Å². The summed E-state index contributed by atoms with van der Waals surface area (Å²) < 4.78 is 202. The Kier molecular flexibility index (Phi) is 8.41. The minimum atomic E-state index is -7.68. The third-order valence-corrected chi connectivity index (χ3v) is 4.61. The number of carbonyl (C=O) groups is 1. The smallest absolute Gasteiger partial charge is 0.379 e. The predicted octanol–water partition coefficient (Wildman–Crippen LogP) is 4.20. The quantitative estimate of drug-likeness (QED) is 0.423. The Morgan fingerprint density at radius 3 is 1.59 bits per heavy atom. The Balaban J connectivity index is 3.07. The molecule has 0 unspecified atom stereocenters. The Morgan fingerprint density at radius 1 is 0.706 bits per heavy atom. The number of ether oxygens (including phenoxy) is 1. The second kappa shape index (κ2) is 9.42. The van der Waals surface area contributed by atoms with E-state index in [1.165, 1.54) is 4.90 Å². The molecule has 0 aliphatic carbocycles. The van der Waals surface area contributed by atoms with Crippen LogP contribution < -0.4 is 5.32 Å². The summed E-state index contributed by atoms with van der Waals surface area (Å²) in [7, 11) is 0. The highest BCUT2D eigenvalue weighted by atomic mass is 19.4. The summed E-state index contributed by atoms with van der Waals surface area (Å²) in [6.07, 6.45) is -11.9. The van der Waals surface area contributed by atoms with E-state index >= 15 is 0 Å². The van der Waals surface area contributed by atoms with Gasteiger partial charge in [0.05, 0.1) is 19.6 Å². The van der Waals surface area contributed by atoms with Crippen LogP contribution in [0.15, 0.2) is 0 Å². The molecule has 202 valence electrons. The zero-order valence-electron chi connectivity index (χ0n) is 16.4. The molecule has 1 aliphatic rings. The fourth-order valence-electron chi connectivity index (χ4n) is 2.54. The molecule has 34 heavy (non-hydrogen) atoms. The van der Waals surface area contributed by atoms with Crippen LogP contribution in [-0.2, 0) is 9.53 Å². The fraction of sp³-hybridized carbons (Fsp3) is 0.933. The average molecular weight is 540 g/mol. The largest absolute Gasteiger partial charge is 0.459 e. The van der Waals surface area contributed by atoms with Gasteiger partial charge >= 0.3 is 41.7 Å². The number of nitrogens with one attached hydrogen (secondary N) is 1. The summed E-state index contributed by atoms with van der Waals surface area (Å²) in [4.78, 5) is 12.7. The van der Waals surface area contributed by atoms with Gasteiger partial charge in [0.25, 0.3) is 5.91 Å². The molecule has 1 aliphatic heterocycles. The molecule has 0 saturated carbocycles. The van der Waals surface area contributed by atoms with Crippen molar-refractivity contribution in [1.82, 2.24) is 10.2 Å². The van der Waals surface area contributed by atoms with Crippen LogP contribution in [0.5, 0.6) is 0 Å². The van der Waals surface area contributed by atoms with Gasteiger partial charge in [-0.1, -0.05) is 0 Å². The second-order valence-electron chi connectivity index (χ2n) is 7.09. The number of alkyl halides is 15. The van der Waals surface area contributed by atoms with Gasteiger partial charge in [-0.15, -0.1) is 0 Å². The van der Waals surface area contributed by atoms with Crippen LogP contribution in [0.25, 0.3) is 0 Å². The molecule has 0 bridgehead atoms. The van der Waals surface area contributed by atoms with Crippen LogP contribution in [0.3, 0.4) is 0 Å². The van der Waals surface area contributed by atoms with Crippen LogP contribution in [0.4, 0.5) is 65.9 Å². The van der Waals surface area contributed by atoms with Crippen molar-refractivity contribution in [2.24, 2.45) is 0 Å². The van der Waals surface area contributed by atoms with Crippen LogP contribution in [0, 0.1) is 0 Å². The van der Waals surface area contributed by atoms with Crippen LogP contribution in [-0.4, -0.2) is 91.9 Å². The molecule has 1 heterocycles. The number of rotatable bonds is 10. The van der Waals surface area contributed by atoms with Gasteiger partial charge in [-0.05, 0) is 0 Å². The SMILES string of the molecule is O=C(NCCN1CCOCC1)C(F)(F)C(F)(F)C(F)(F)C(F)(F)CC(F)(F)C(F)(F)C(F)(F)F. The normalized spacial score (nSPS) is 18.2. The predicted molar refractivity (Wildman–Crippen MR) is 80.6 cm³/mol. The molecule has 0 spiro atoms. The van der Waals surface area contributed by atoms with Crippen molar-refractivity contribution in [2.75, 3.05) is 39.4 Å². The van der Waals surface area contributed by atoms with Crippen molar-refractivity contribution in [3.63, 3.8) is 0 Å². The fourth-order valence-corrected chi connectivity index (χ4v) is 2.54. The van der Waals surface area contributed by atoms with Crippen molar-refractivity contribution in [1.29, 1.82) is 0 Å². The lowest BCUT2D eigenvalue weighted by Crippen LogP contribution is -2.68. The van der Waals surface area contributed by atoms with E-state index in [0.29, 0.717) is 0 Å². The first-order chi connectivity index (χ1) is 15.0. The maximum atomic E-state index is 13.7.